The molecule has 4 nitrogen and oxygen atoms in total. The SMILES string of the molecule is CCC[C@@H](O)c1cnc(-c2ccccc2)nc1N(C)C. The monoisotopic (exact) mass is 271 g/mol. The van der Waals surface area contributed by atoms with E-state index in [1.165, 1.54) is 0 Å². The molecule has 1 aromatic carbocycles. The highest BCUT2D eigenvalue weighted by Crippen LogP contribution is 2.27. The van der Waals surface area contributed by atoms with Crippen LogP contribution in [0.25, 0.3) is 11.4 Å². The van der Waals surface area contributed by atoms with Crippen LogP contribution in [-0.2, 0) is 0 Å². The third-order valence-electron chi connectivity index (χ3n) is 3.17. The van der Waals surface area contributed by atoms with Crippen LogP contribution in [-0.4, -0.2) is 29.2 Å². The molecule has 1 N–H and O–H groups in total. The molecule has 1 aromatic heterocycles. The zero-order valence-corrected chi connectivity index (χ0v) is 12.2. The van der Waals surface area contributed by atoms with Gasteiger partial charge in [0.1, 0.15) is 5.82 Å². The lowest BCUT2D eigenvalue weighted by Gasteiger charge is -2.20. The van der Waals surface area contributed by atoms with Gasteiger partial charge in [-0.05, 0) is 6.42 Å². The Hall–Kier alpha value is -1.94. The van der Waals surface area contributed by atoms with Crippen molar-refractivity contribution in [2.75, 3.05) is 19.0 Å². The number of benzene rings is 1. The van der Waals surface area contributed by atoms with Crippen molar-refractivity contribution in [1.82, 2.24) is 9.97 Å². The molecule has 1 heterocycles. The van der Waals surface area contributed by atoms with Crippen LogP contribution in [0.4, 0.5) is 5.82 Å². The minimum Gasteiger partial charge on any atom is -0.388 e. The van der Waals surface area contributed by atoms with Crippen molar-refractivity contribution in [2.24, 2.45) is 0 Å². The van der Waals surface area contributed by atoms with Crippen molar-refractivity contribution in [1.29, 1.82) is 0 Å². The van der Waals surface area contributed by atoms with Crippen molar-refractivity contribution in [3.63, 3.8) is 0 Å². The highest BCUT2D eigenvalue weighted by molar-refractivity contribution is 5.59. The van der Waals surface area contributed by atoms with Crippen LogP contribution in [0.2, 0.25) is 0 Å². The van der Waals surface area contributed by atoms with Gasteiger partial charge in [0.25, 0.3) is 0 Å². The highest BCUT2D eigenvalue weighted by Gasteiger charge is 2.16. The van der Waals surface area contributed by atoms with E-state index in [-0.39, 0.29) is 0 Å². The van der Waals surface area contributed by atoms with E-state index >= 15 is 0 Å². The molecule has 0 bridgehead atoms. The van der Waals surface area contributed by atoms with E-state index in [1.807, 2.05) is 49.3 Å². The van der Waals surface area contributed by atoms with Crippen LogP contribution in [0.15, 0.2) is 36.5 Å². The second-order valence-electron chi connectivity index (χ2n) is 5.04. The maximum absolute atomic E-state index is 10.2. The molecule has 0 spiro atoms. The van der Waals surface area contributed by atoms with Gasteiger partial charge in [0, 0.05) is 31.4 Å². The van der Waals surface area contributed by atoms with Gasteiger partial charge in [-0.15, -0.1) is 0 Å². The lowest BCUT2D eigenvalue weighted by atomic mass is 10.1. The van der Waals surface area contributed by atoms with Gasteiger partial charge in [-0.25, -0.2) is 9.97 Å². The van der Waals surface area contributed by atoms with Gasteiger partial charge in [0.05, 0.1) is 6.10 Å². The summed E-state index contributed by atoms with van der Waals surface area (Å²) < 4.78 is 0. The fourth-order valence-electron chi connectivity index (χ4n) is 2.13. The molecule has 20 heavy (non-hydrogen) atoms. The van der Waals surface area contributed by atoms with E-state index < -0.39 is 6.10 Å². The summed E-state index contributed by atoms with van der Waals surface area (Å²) in [4.78, 5) is 10.9. The Morgan fingerprint density at radius 2 is 1.90 bits per heavy atom. The molecule has 0 saturated carbocycles. The average molecular weight is 271 g/mol. The van der Waals surface area contributed by atoms with Crippen LogP contribution in [0, 0.1) is 0 Å². The van der Waals surface area contributed by atoms with Crippen molar-refractivity contribution in [2.45, 2.75) is 25.9 Å². The maximum atomic E-state index is 10.2. The normalized spacial score (nSPS) is 12.2. The average Bonchev–Trinajstić information content (AvgIpc) is 2.47. The van der Waals surface area contributed by atoms with E-state index in [0.29, 0.717) is 5.82 Å². The number of aliphatic hydroxyl groups is 1. The summed E-state index contributed by atoms with van der Waals surface area (Å²) in [6.07, 6.45) is 2.87. The second-order valence-corrected chi connectivity index (χ2v) is 5.04. The molecule has 0 fully saturated rings. The third kappa shape index (κ3) is 3.14. The molecule has 2 aromatic rings. The summed E-state index contributed by atoms with van der Waals surface area (Å²) in [6, 6.07) is 9.87. The summed E-state index contributed by atoms with van der Waals surface area (Å²) in [7, 11) is 3.86. The summed E-state index contributed by atoms with van der Waals surface area (Å²) >= 11 is 0. The van der Waals surface area contributed by atoms with Crippen molar-refractivity contribution in [3.8, 4) is 11.4 Å². The number of hydrogen-bond donors (Lipinski definition) is 1. The lowest BCUT2D eigenvalue weighted by Crippen LogP contribution is -2.16. The first-order chi connectivity index (χ1) is 9.63. The first kappa shape index (κ1) is 14.5. The van der Waals surface area contributed by atoms with Crippen LogP contribution < -0.4 is 4.90 Å². The quantitative estimate of drug-likeness (QED) is 0.908. The van der Waals surface area contributed by atoms with Gasteiger partial charge in [-0.3, -0.25) is 0 Å². The Kier molecular flexibility index (Phi) is 4.69. The molecule has 0 amide bonds. The van der Waals surface area contributed by atoms with Crippen LogP contribution >= 0.6 is 0 Å². The number of aliphatic hydroxyl groups excluding tert-OH is 1. The highest BCUT2D eigenvalue weighted by atomic mass is 16.3. The predicted molar refractivity (Wildman–Crippen MR) is 81.7 cm³/mol. The first-order valence-electron chi connectivity index (χ1n) is 6.91. The van der Waals surface area contributed by atoms with Gasteiger partial charge in [0.15, 0.2) is 5.82 Å². The van der Waals surface area contributed by atoms with E-state index in [2.05, 4.69) is 16.9 Å². The van der Waals surface area contributed by atoms with E-state index in [1.54, 1.807) is 6.20 Å². The largest absolute Gasteiger partial charge is 0.388 e. The maximum Gasteiger partial charge on any atom is 0.161 e. The molecule has 106 valence electrons. The number of aromatic nitrogens is 2. The molecule has 1 atom stereocenters. The molecule has 0 aliphatic carbocycles. The van der Waals surface area contributed by atoms with Gasteiger partial charge >= 0.3 is 0 Å². The minimum absolute atomic E-state index is 0.512. The molecular formula is C16H21N3O. The molecule has 4 heteroatoms. The standard InChI is InChI=1S/C16H21N3O/c1-4-8-14(20)13-11-17-15(18-16(13)19(2)3)12-9-6-5-7-10-12/h5-7,9-11,14,20H,4,8H2,1-3H3/t14-/m1/s1. The summed E-state index contributed by atoms with van der Waals surface area (Å²) in [5.74, 6) is 1.46. The smallest absolute Gasteiger partial charge is 0.161 e. The Morgan fingerprint density at radius 1 is 1.20 bits per heavy atom. The third-order valence-corrected chi connectivity index (χ3v) is 3.17. The summed E-state index contributed by atoms with van der Waals surface area (Å²) in [6.45, 7) is 2.05. The fraction of sp³-hybridized carbons (Fsp3) is 0.375. The zero-order chi connectivity index (χ0) is 14.5. The molecule has 2 rings (SSSR count). The molecule has 0 radical (unpaired) electrons. The molecular weight excluding hydrogens is 250 g/mol. The first-order valence-corrected chi connectivity index (χ1v) is 6.91. The summed E-state index contributed by atoms with van der Waals surface area (Å²) in [5, 5.41) is 10.2. The van der Waals surface area contributed by atoms with Crippen LogP contribution in [0.1, 0.15) is 31.4 Å². The molecule has 0 unspecified atom stereocenters. The van der Waals surface area contributed by atoms with Crippen LogP contribution in [0.3, 0.4) is 0 Å². The Bertz CT molecular complexity index is 555. The lowest BCUT2D eigenvalue weighted by molar-refractivity contribution is 0.166. The van der Waals surface area contributed by atoms with Gasteiger partial charge < -0.3 is 10.0 Å². The van der Waals surface area contributed by atoms with E-state index in [9.17, 15) is 5.11 Å². The summed E-state index contributed by atoms with van der Waals surface area (Å²) in [5.41, 5.74) is 1.77. The molecule has 0 saturated heterocycles. The van der Waals surface area contributed by atoms with Crippen LogP contribution in [0.5, 0.6) is 0 Å². The Labute approximate surface area is 120 Å². The number of nitrogens with zero attached hydrogens (tertiary/aromatic N) is 3. The van der Waals surface area contributed by atoms with Crippen molar-refractivity contribution >= 4 is 5.82 Å². The predicted octanol–water partition coefficient (Wildman–Crippen LogP) is 3.04. The Morgan fingerprint density at radius 3 is 2.50 bits per heavy atom. The number of rotatable bonds is 5. The fourth-order valence-corrected chi connectivity index (χ4v) is 2.13. The Balaban J connectivity index is 2.43. The van der Waals surface area contributed by atoms with Crippen molar-refractivity contribution < 1.29 is 5.11 Å². The van der Waals surface area contributed by atoms with Crippen molar-refractivity contribution in [3.05, 3.63) is 42.1 Å². The minimum atomic E-state index is -0.512. The van der Waals surface area contributed by atoms with E-state index in [4.69, 9.17) is 0 Å². The topological polar surface area (TPSA) is 49.3 Å². The zero-order valence-electron chi connectivity index (χ0n) is 12.2. The van der Waals surface area contributed by atoms with Gasteiger partial charge in [-0.2, -0.15) is 0 Å². The van der Waals surface area contributed by atoms with Gasteiger partial charge in [-0.1, -0.05) is 43.7 Å². The molecule has 0 aliphatic rings. The van der Waals surface area contributed by atoms with Gasteiger partial charge in [0.2, 0.25) is 0 Å². The second kappa shape index (κ2) is 6.48. The number of hydrogen-bond acceptors (Lipinski definition) is 4. The number of anilines is 1. The molecule has 0 aliphatic heterocycles. The van der Waals surface area contributed by atoms with E-state index in [0.717, 1.165) is 29.8 Å².